The number of rotatable bonds is 2. The van der Waals surface area contributed by atoms with Gasteiger partial charge in [0.05, 0.1) is 13.2 Å². The molecule has 0 atom stereocenters. The minimum atomic E-state index is -1.45. The Bertz CT molecular complexity index is 373. The number of hydrogen-bond acceptors (Lipinski definition) is 5. The van der Waals surface area contributed by atoms with Crippen molar-refractivity contribution in [1.29, 1.82) is 0 Å². The Morgan fingerprint density at radius 2 is 2.00 bits per heavy atom. The first-order valence-electron chi connectivity index (χ1n) is 5.34. The van der Waals surface area contributed by atoms with Crippen LogP contribution in [0.25, 0.3) is 0 Å². The summed E-state index contributed by atoms with van der Waals surface area (Å²) in [6.45, 7) is 5.00. The van der Waals surface area contributed by atoms with Gasteiger partial charge in [-0.25, -0.2) is 4.98 Å². The van der Waals surface area contributed by atoms with Crippen molar-refractivity contribution in [2.45, 2.75) is 6.92 Å². The van der Waals surface area contributed by atoms with Gasteiger partial charge in [-0.15, -0.1) is 12.4 Å². The van der Waals surface area contributed by atoms with E-state index < -0.39 is 7.12 Å². The number of pyridine rings is 1. The van der Waals surface area contributed by atoms with Crippen LogP contribution in [0.5, 0.6) is 0 Å². The first-order chi connectivity index (χ1) is 7.68. The number of aryl methyl sites for hydroxylation is 1. The van der Waals surface area contributed by atoms with E-state index in [1.807, 2.05) is 6.92 Å². The third-order valence-corrected chi connectivity index (χ3v) is 2.68. The van der Waals surface area contributed by atoms with Crippen LogP contribution >= 0.6 is 12.4 Å². The summed E-state index contributed by atoms with van der Waals surface area (Å²) in [6.07, 6.45) is 1.50. The standard InChI is InChI=1S/C10H15BN2O3.ClH/c1-8-6-9(11(14)15)7-12-10(8)13-2-4-16-5-3-13;/h6-7,14-15H,2-5H2,1H3;1H. The van der Waals surface area contributed by atoms with Crippen molar-refractivity contribution in [1.82, 2.24) is 4.98 Å². The highest BCUT2D eigenvalue weighted by atomic mass is 35.5. The third kappa shape index (κ3) is 3.32. The highest BCUT2D eigenvalue weighted by Gasteiger charge is 2.17. The van der Waals surface area contributed by atoms with Crippen LogP contribution in [-0.4, -0.2) is 48.5 Å². The minimum absolute atomic E-state index is 0. The lowest BCUT2D eigenvalue weighted by Crippen LogP contribution is -2.38. The van der Waals surface area contributed by atoms with Gasteiger partial charge in [0.2, 0.25) is 0 Å². The maximum atomic E-state index is 9.03. The fourth-order valence-corrected chi connectivity index (χ4v) is 1.84. The third-order valence-electron chi connectivity index (χ3n) is 2.68. The Labute approximate surface area is 107 Å². The van der Waals surface area contributed by atoms with E-state index in [9.17, 15) is 0 Å². The van der Waals surface area contributed by atoms with E-state index >= 15 is 0 Å². The molecule has 1 aromatic rings. The van der Waals surface area contributed by atoms with E-state index in [1.165, 1.54) is 6.20 Å². The van der Waals surface area contributed by atoms with Crippen LogP contribution in [0.3, 0.4) is 0 Å². The molecule has 0 unspecified atom stereocenters. The molecule has 1 aliphatic heterocycles. The Morgan fingerprint density at radius 3 is 2.53 bits per heavy atom. The summed E-state index contributed by atoms with van der Waals surface area (Å²) in [4.78, 5) is 6.42. The second-order valence-corrected chi connectivity index (χ2v) is 3.88. The van der Waals surface area contributed by atoms with Crippen molar-refractivity contribution >= 4 is 30.8 Å². The van der Waals surface area contributed by atoms with Crippen LogP contribution in [0.2, 0.25) is 0 Å². The normalized spacial score (nSPS) is 15.4. The van der Waals surface area contributed by atoms with E-state index in [0.29, 0.717) is 18.7 Å². The van der Waals surface area contributed by atoms with E-state index in [2.05, 4.69) is 9.88 Å². The molecule has 94 valence electrons. The van der Waals surface area contributed by atoms with Gasteiger partial charge in [-0.2, -0.15) is 0 Å². The van der Waals surface area contributed by atoms with Gasteiger partial charge in [-0.3, -0.25) is 0 Å². The second kappa shape index (κ2) is 6.21. The maximum absolute atomic E-state index is 9.03. The maximum Gasteiger partial charge on any atom is 0.490 e. The summed E-state index contributed by atoms with van der Waals surface area (Å²) in [5.41, 5.74) is 1.38. The van der Waals surface area contributed by atoms with Gasteiger partial charge in [-0.1, -0.05) is 6.07 Å². The Morgan fingerprint density at radius 1 is 1.35 bits per heavy atom. The molecule has 0 radical (unpaired) electrons. The molecule has 1 aliphatic rings. The lowest BCUT2D eigenvalue weighted by atomic mass is 9.81. The quantitative estimate of drug-likeness (QED) is 0.689. The molecule has 7 heteroatoms. The van der Waals surface area contributed by atoms with Gasteiger partial charge in [-0.05, 0) is 12.5 Å². The Kier molecular flexibility index (Phi) is 5.20. The van der Waals surface area contributed by atoms with Gasteiger partial charge < -0.3 is 19.7 Å². The topological polar surface area (TPSA) is 65.8 Å². The van der Waals surface area contributed by atoms with Crippen molar-refractivity contribution < 1.29 is 14.8 Å². The van der Waals surface area contributed by atoms with Gasteiger partial charge in [0.25, 0.3) is 0 Å². The number of anilines is 1. The zero-order valence-corrected chi connectivity index (χ0v) is 10.5. The largest absolute Gasteiger partial charge is 0.490 e. The van der Waals surface area contributed by atoms with Crippen molar-refractivity contribution in [3.8, 4) is 0 Å². The number of morpholine rings is 1. The zero-order valence-electron chi connectivity index (χ0n) is 9.67. The summed E-state index contributed by atoms with van der Waals surface area (Å²) < 4.78 is 5.27. The molecule has 0 spiro atoms. The summed E-state index contributed by atoms with van der Waals surface area (Å²) in [7, 11) is -1.45. The molecule has 2 N–H and O–H groups in total. The molecule has 0 amide bonds. The van der Waals surface area contributed by atoms with Crippen molar-refractivity contribution in [2.24, 2.45) is 0 Å². The first kappa shape index (κ1) is 14.2. The second-order valence-electron chi connectivity index (χ2n) is 3.88. The molecule has 0 saturated carbocycles. The molecular weight excluding hydrogens is 242 g/mol. The predicted octanol–water partition coefficient (Wildman–Crippen LogP) is -0.672. The Hall–Kier alpha value is -0.815. The fourth-order valence-electron chi connectivity index (χ4n) is 1.84. The zero-order chi connectivity index (χ0) is 11.5. The number of ether oxygens (including phenoxy) is 1. The van der Waals surface area contributed by atoms with E-state index in [-0.39, 0.29) is 12.4 Å². The summed E-state index contributed by atoms with van der Waals surface area (Å²) in [6, 6.07) is 1.75. The van der Waals surface area contributed by atoms with E-state index in [1.54, 1.807) is 6.07 Å². The van der Waals surface area contributed by atoms with Crippen LogP contribution < -0.4 is 10.4 Å². The molecule has 5 nitrogen and oxygen atoms in total. The molecule has 2 heterocycles. The summed E-state index contributed by atoms with van der Waals surface area (Å²) in [5.74, 6) is 0.896. The minimum Gasteiger partial charge on any atom is -0.423 e. The molecule has 1 saturated heterocycles. The van der Waals surface area contributed by atoms with Crippen LogP contribution in [0.15, 0.2) is 12.3 Å². The summed E-state index contributed by atoms with van der Waals surface area (Å²) in [5, 5.41) is 18.1. The molecule has 0 bridgehead atoms. The lowest BCUT2D eigenvalue weighted by molar-refractivity contribution is 0.122. The number of hydrogen-bond donors (Lipinski definition) is 2. The molecule has 0 aliphatic carbocycles. The molecule has 1 aromatic heterocycles. The average molecular weight is 259 g/mol. The smallest absolute Gasteiger partial charge is 0.423 e. The highest BCUT2D eigenvalue weighted by molar-refractivity contribution is 6.58. The van der Waals surface area contributed by atoms with E-state index in [0.717, 1.165) is 24.5 Å². The van der Waals surface area contributed by atoms with Crippen molar-refractivity contribution in [3.05, 3.63) is 17.8 Å². The number of aromatic nitrogens is 1. The SMILES string of the molecule is Cc1cc(B(O)O)cnc1N1CCOCC1.Cl. The fraction of sp³-hybridized carbons (Fsp3) is 0.500. The molecule has 1 fully saturated rings. The number of nitrogens with zero attached hydrogens (tertiary/aromatic N) is 2. The van der Waals surface area contributed by atoms with Crippen molar-refractivity contribution in [3.63, 3.8) is 0 Å². The van der Waals surface area contributed by atoms with E-state index in [4.69, 9.17) is 14.8 Å². The Balaban J connectivity index is 0.00000144. The van der Waals surface area contributed by atoms with Gasteiger partial charge in [0.1, 0.15) is 5.82 Å². The average Bonchev–Trinajstić information content (AvgIpc) is 2.30. The molecular formula is C10H16BClN2O3. The van der Waals surface area contributed by atoms with Crippen molar-refractivity contribution in [2.75, 3.05) is 31.2 Å². The summed E-state index contributed by atoms with van der Waals surface area (Å²) >= 11 is 0. The highest BCUT2D eigenvalue weighted by Crippen LogP contribution is 2.16. The van der Waals surface area contributed by atoms with Crippen LogP contribution in [0.4, 0.5) is 5.82 Å². The van der Waals surface area contributed by atoms with Gasteiger partial charge in [0.15, 0.2) is 0 Å². The number of halogens is 1. The van der Waals surface area contributed by atoms with Gasteiger partial charge >= 0.3 is 7.12 Å². The van der Waals surface area contributed by atoms with Crippen LogP contribution in [0, 0.1) is 6.92 Å². The first-order valence-corrected chi connectivity index (χ1v) is 5.34. The lowest BCUT2D eigenvalue weighted by Gasteiger charge is -2.29. The predicted molar refractivity (Wildman–Crippen MR) is 69.1 cm³/mol. The monoisotopic (exact) mass is 258 g/mol. The molecule has 0 aromatic carbocycles. The van der Waals surface area contributed by atoms with Gasteiger partial charge in [0, 0.05) is 24.7 Å². The molecule has 2 rings (SSSR count). The van der Waals surface area contributed by atoms with Crippen LogP contribution in [0.1, 0.15) is 5.56 Å². The van der Waals surface area contributed by atoms with Crippen LogP contribution in [-0.2, 0) is 4.74 Å². The molecule has 17 heavy (non-hydrogen) atoms.